The third-order valence-electron chi connectivity index (χ3n) is 1.79. The van der Waals surface area contributed by atoms with Crippen LogP contribution in [0, 0.1) is 0 Å². The van der Waals surface area contributed by atoms with Crippen LogP contribution in [0.15, 0.2) is 25.0 Å². The molecule has 1 aromatic rings. The molecule has 3 heteroatoms. The maximum Gasteiger partial charge on any atom is 0.0537 e. The Bertz CT molecular complexity index is 252. The second-order valence-corrected chi connectivity index (χ2v) is 2.87. The molecule has 3 nitrogen and oxygen atoms in total. The van der Waals surface area contributed by atoms with E-state index in [1.54, 1.807) is 4.68 Å². The summed E-state index contributed by atoms with van der Waals surface area (Å²) in [5, 5.41) is 7.39. The molecule has 1 rings (SSSR count). The minimum absolute atomic E-state index is 0.344. The van der Waals surface area contributed by atoms with E-state index in [2.05, 4.69) is 23.9 Å². The zero-order valence-corrected chi connectivity index (χ0v) is 7.62. The van der Waals surface area contributed by atoms with E-state index in [4.69, 9.17) is 0 Å². The van der Waals surface area contributed by atoms with Crippen molar-refractivity contribution in [2.75, 3.05) is 6.54 Å². The van der Waals surface area contributed by atoms with E-state index < -0.39 is 0 Å². The van der Waals surface area contributed by atoms with Gasteiger partial charge in [-0.15, -0.1) is 6.58 Å². The van der Waals surface area contributed by atoms with Gasteiger partial charge in [0.25, 0.3) is 0 Å². The topological polar surface area (TPSA) is 29.9 Å². The van der Waals surface area contributed by atoms with Crippen LogP contribution >= 0.6 is 0 Å². The smallest absolute Gasteiger partial charge is 0.0537 e. The standard InChI is InChI=1S/C9H15N3/c1-4-5-10-8(2)9-6-11-12(3)7-9/h4,6-8,10H,1,5H2,2-3H3. The Morgan fingerprint density at radius 3 is 3.08 bits per heavy atom. The lowest BCUT2D eigenvalue weighted by atomic mass is 10.2. The van der Waals surface area contributed by atoms with Crippen molar-refractivity contribution in [1.29, 1.82) is 0 Å². The van der Waals surface area contributed by atoms with Crippen LogP contribution < -0.4 is 5.32 Å². The van der Waals surface area contributed by atoms with Crippen LogP contribution in [0.5, 0.6) is 0 Å². The average Bonchev–Trinajstić information content (AvgIpc) is 2.47. The van der Waals surface area contributed by atoms with Crippen molar-refractivity contribution in [3.8, 4) is 0 Å². The van der Waals surface area contributed by atoms with E-state index in [1.165, 1.54) is 5.56 Å². The largest absolute Gasteiger partial charge is 0.307 e. The summed E-state index contributed by atoms with van der Waals surface area (Å²) in [6.45, 7) is 6.59. The molecule has 1 atom stereocenters. The van der Waals surface area contributed by atoms with E-state index in [-0.39, 0.29) is 0 Å². The first-order valence-corrected chi connectivity index (χ1v) is 4.07. The van der Waals surface area contributed by atoms with Crippen LogP contribution in [-0.2, 0) is 7.05 Å². The van der Waals surface area contributed by atoms with Crippen molar-refractivity contribution in [1.82, 2.24) is 15.1 Å². The number of rotatable bonds is 4. The highest BCUT2D eigenvalue weighted by Crippen LogP contribution is 2.09. The van der Waals surface area contributed by atoms with Crippen LogP contribution in [0.1, 0.15) is 18.5 Å². The van der Waals surface area contributed by atoms with E-state index in [0.29, 0.717) is 6.04 Å². The average molecular weight is 165 g/mol. The van der Waals surface area contributed by atoms with Gasteiger partial charge < -0.3 is 5.32 Å². The molecule has 1 N–H and O–H groups in total. The third-order valence-corrected chi connectivity index (χ3v) is 1.79. The summed E-state index contributed by atoms with van der Waals surface area (Å²) >= 11 is 0. The van der Waals surface area contributed by atoms with Gasteiger partial charge in [-0.05, 0) is 6.92 Å². The van der Waals surface area contributed by atoms with Crippen molar-refractivity contribution in [3.63, 3.8) is 0 Å². The van der Waals surface area contributed by atoms with Gasteiger partial charge in [0.05, 0.1) is 6.20 Å². The fourth-order valence-corrected chi connectivity index (χ4v) is 1.04. The van der Waals surface area contributed by atoms with Gasteiger partial charge in [-0.3, -0.25) is 4.68 Å². The number of hydrogen-bond acceptors (Lipinski definition) is 2. The molecule has 0 amide bonds. The molecule has 0 fully saturated rings. The van der Waals surface area contributed by atoms with Gasteiger partial charge in [0.2, 0.25) is 0 Å². The third kappa shape index (κ3) is 2.20. The highest BCUT2D eigenvalue weighted by molar-refractivity contribution is 5.09. The molecule has 12 heavy (non-hydrogen) atoms. The van der Waals surface area contributed by atoms with E-state index in [9.17, 15) is 0 Å². The molecule has 0 radical (unpaired) electrons. The number of nitrogens with one attached hydrogen (secondary N) is 1. The molecule has 1 aromatic heterocycles. The Hall–Kier alpha value is -1.09. The summed E-state index contributed by atoms with van der Waals surface area (Å²) in [5.41, 5.74) is 1.21. The van der Waals surface area contributed by atoms with Crippen LogP contribution in [0.3, 0.4) is 0 Å². The zero-order valence-electron chi connectivity index (χ0n) is 7.62. The van der Waals surface area contributed by atoms with Gasteiger partial charge in [-0.1, -0.05) is 6.08 Å². The number of hydrogen-bond donors (Lipinski definition) is 1. The molecule has 0 spiro atoms. The molecular weight excluding hydrogens is 150 g/mol. The Morgan fingerprint density at radius 2 is 2.58 bits per heavy atom. The van der Waals surface area contributed by atoms with Crippen LogP contribution in [0.2, 0.25) is 0 Å². The van der Waals surface area contributed by atoms with Gasteiger partial charge in [-0.25, -0.2) is 0 Å². The van der Waals surface area contributed by atoms with Gasteiger partial charge in [0.1, 0.15) is 0 Å². The van der Waals surface area contributed by atoms with Crippen molar-refractivity contribution >= 4 is 0 Å². The van der Waals surface area contributed by atoms with Crippen molar-refractivity contribution in [2.45, 2.75) is 13.0 Å². The summed E-state index contributed by atoms with van der Waals surface area (Å²) in [7, 11) is 1.92. The molecule has 0 saturated carbocycles. The zero-order chi connectivity index (χ0) is 8.97. The molecule has 0 aliphatic carbocycles. The monoisotopic (exact) mass is 165 g/mol. The first-order chi connectivity index (χ1) is 5.74. The fourth-order valence-electron chi connectivity index (χ4n) is 1.04. The Morgan fingerprint density at radius 1 is 1.83 bits per heavy atom. The number of aryl methyl sites for hydroxylation is 1. The maximum absolute atomic E-state index is 4.10. The van der Waals surface area contributed by atoms with E-state index >= 15 is 0 Å². The first kappa shape index (κ1) is 9.00. The van der Waals surface area contributed by atoms with E-state index in [0.717, 1.165) is 6.54 Å². The van der Waals surface area contributed by atoms with Crippen molar-refractivity contribution in [2.24, 2.45) is 7.05 Å². The normalized spacial score (nSPS) is 12.8. The summed E-state index contributed by atoms with van der Waals surface area (Å²) in [6, 6.07) is 0.344. The Kier molecular flexibility index (Phi) is 3.05. The lowest BCUT2D eigenvalue weighted by Crippen LogP contribution is -2.17. The minimum Gasteiger partial charge on any atom is -0.307 e. The van der Waals surface area contributed by atoms with Crippen LogP contribution in [-0.4, -0.2) is 16.3 Å². The number of nitrogens with zero attached hydrogens (tertiary/aromatic N) is 2. The summed E-state index contributed by atoms with van der Waals surface area (Å²) in [4.78, 5) is 0. The predicted octanol–water partition coefficient (Wildman–Crippen LogP) is 1.26. The summed E-state index contributed by atoms with van der Waals surface area (Å²) in [5.74, 6) is 0. The molecule has 66 valence electrons. The minimum atomic E-state index is 0.344. The van der Waals surface area contributed by atoms with Crippen molar-refractivity contribution in [3.05, 3.63) is 30.6 Å². The second-order valence-electron chi connectivity index (χ2n) is 2.87. The van der Waals surface area contributed by atoms with Gasteiger partial charge >= 0.3 is 0 Å². The predicted molar refractivity (Wildman–Crippen MR) is 49.8 cm³/mol. The van der Waals surface area contributed by atoms with Crippen molar-refractivity contribution < 1.29 is 0 Å². The molecule has 0 bridgehead atoms. The Labute approximate surface area is 73.1 Å². The van der Waals surface area contributed by atoms with Crippen LogP contribution in [0.4, 0.5) is 0 Å². The summed E-state index contributed by atoms with van der Waals surface area (Å²) in [6.07, 6.45) is 5.74. The van der Waals surface area contributed by atoms with Gasteiger partial charge in [0, 0.05) is 31.4 Å². The lowest BCUT2D eigenvalue weighted by Gasteiger charge is -2.08. The first-order valence-electron chi connectivity index (χ1n) is 4.07. The highest BCUT2D eigenvalue weighted by Gasteiger charge is 2.04. The quantitative estimate of drug-likeness (QED) is 0.681. The lowest BCUT2D eigenvalue weighted by molar-refractivity contribution is 0.617. The Balaban J connectivity index is 2.52. The van der Waals surface area contributed by atoms with Crippen LogP contribution in [0.25, 0.3) is 0 Å². The molecular formula is C9H15N3. The maximum atomic E-state index is 4.10. The molecule has 0 saturated heterocycles. The molecule has 0 aliphatic heterocycles. The molecule has 1 heterocycles. The second kappa shape index (κ2) is 4.07. The molecule has 1 unspecified atom stereocenters. The highest BCUT2D eigenvalue weighted by atomic mass is 15.2. The SMILES string of the molecule is C=CCNC(C)c1cnn(C)c1. The summed E-state index contributed by atoms with van der Waals surface area (Å²) < 4.78 is 1.81. The molecule has 0 aromatic carbocycles. The van der Waals surface area contributed by atoms with E-state index in [1.807, 2.05) is 25.5 Å². The number of aromatic nitrogens is 2. The van der Waals surface area contributed by atoms with Gasteiger partial charge in [0.15, 0.2) is 0 Å². The van der Waals surface area contributed by atoms with Gasteiger partial charge in [-0.2, -0.15) is 5.10 Å². The molecule has 0 aliphatic rings. The fraction of sp³-hybridized carbons (Fsp3) is 0.444.